The molecule has 0 fully saturated rings. The van der Waals surface area contributed by atoms with E-state index in [0.29, 0.717) is 0 Å². The van der Waals surface area contributed by atoms with Crippen LogP contribution in [0.1, 0.15) is 0 Å². The number of nitrogens with zero attached hydrogens (tertiary/aromatic N) is 3. The van der Waals surface area contributed by atoms with Crippen molar-refractivity contribution >= 4 is 23.3 Å². The van der Waals surface area contributed by atoms with Crippen molar-refractivity contribution in [1.29, 1.82) is 0 Å². The third-order valence-electron chi connectivity index (χ3n) is 1.63. The van der Waals surface area contributed by atoms with Crippen LogP contribution in [-0.2, 0) is 0 Å². The summed E-state index contributed by atoms with van der Waals surface area (Å²) in [6.45, 7) is 0.175. The Morgan fingerprint density at radius 2 is 2.21 bits per heavy atom. The molecule has 0 unspecified atom stereocenters. The number of guanidine groups is 1. The summed E-state index contributed by atoms with van der Waals surface area (Å²) in [5.74, 6) is -0.0650. The van der Waals surface area contributed by atoms with E-state index in [1.165, 1.54) is 5.01 Å². The number of hydrazine groups is 1. The minimum atomic E-state index is -4.50. The molecule has 2 heterocycles. The summed E-state index contributed by atoms with van der Waals surface area (Å²) in [7, 11) is 0. The van der Waals surface area contributed by atoms with E-state index in [1.807, 2.05) is 0 Å². The van der Waals surface area contributed by atoms with Crippen LogP contribution in [0.25, 0.3) is 0 Å². The van der Waals surface area contributed by atoms with Crippen molar-refractivity contribution in [3.05, 3.63) is 11.2 Å². The van der Waals surface area contributed by atoms with Gasteiger partial charge >= 0.3 is 6.18 Å². The summed E-state index contributed by atoms with van der Waals surface area (Å²) in [5, 5.41) is 1.10. The van der Waals surface area contributed by atoms with Crippen LogP contribution in [0, 0.1) is 0 Å². The van der Waals surface area contributed by atoms with Crippen molar-refractivity contribution in [2.24, 2.45) is 9.98 Å². The highest BCUT2D eigenvalue weighted by Gasteiger charge is 2.38. The molecule has 0 aromatic rings. The molecule has 2 rings (SSSR count). The molecule has 0 atom stereocenters. The van der Waals surface area contributed by atoms with Gasteiger partial charge in [0, 0.05) is 6.08 Å². The highest BCUT2D eigenvalue weighted by molar-refractivity contribution is 6.33. The monoisotopic (exact) mass is 224 g/mol. The molecule has 0 aromatic carbocycles. The van der Waals surface area contributed by atoms with Crippen molar-refractivity contribution in [3.8, 4) is 0 Å². The summed E-state index contributed by atoms with van der Waals surface area (Å²) in [5.41, 5.74) is 1.59. The molecule has 4 nitrogen and oxygen atoms in total. The zero-order valence-corrected chi connectivity index (χ0v) is 7.39. The molecule has 0 bridgehead atoms. The number of fused-ring (bicyclic) bond motifs is 1. The third kappa shape index (κ3) is 1.48. The van der Waals surface area contributed by atoms with Gasteiger partial charge in [0.25, 0.3) is 0 Å². The average molecular weight is 225 g/mol. The first kappa shape index (κ1) is 9.47. The summed E-state index contributed by atoms with van der Waals surface area (Å²) in [4.78, 5) is 7.00. The van der Waals surface area contributed by atoms with Crippen molar-refractivity contribution < 1.29 is 13.2 Å². The molecule has 0 aliphatic carbocycles. The van der Waals surface area contributed by atoms with E-state index in [4.69, 9.17) is 11.6 Å². The fraction of sp³-hybridized carbons (Fsp3) is 0.333. The first-order valence-corrected chi connectivity index (χ1v) is 3.97. The van der Waals surface area contributed by atoms with Crippen LogP contribution in [0.2, 0.25) is 0 Å². The molecule has 8 heteroatoms. The lowest BCUT2D eigenvalue weighted by molar-refractivity contribution is -0.0577. The summed E-state index contributed by atoms with van der Waals surface area (Å²) < 4.78 is 36.7. The van der Waals surface area contributed by atoms with Gasteiger partial charge in [0.2, 0.25) is 5.96 Å². The van der Waals surface area contributed by atoms with Gasteiger partial charge in [-0.15, -0.1) is 0 Å². The van der Waals surface area contributed by atoms with E-state index in [2.05, 4.69) is 15.4 Å². The van der Waals surface area contributed by atoms with Crippen molar-refractivity contribution in [2.45, 2.75) is 6.18 Å². The molecule has 76 valence electrons. The van der Waals surface area contributed by atoms with Crippen molar-refractivity contribution in [2.75, 3.05) is 6.67 Å². The molecule has 0 amide bonds. The second-order valence-electron chi connectivity index (χ2n) is 2.57. The van der Waals surface area contributed by atoms with Crippen molar-refractivity contribution in [1.82, 2.24) is 10.4 Å². The molecule has 1 N–H and O–H groups in total. The first-order chi connectivity index (χ1) is 6.48. The summed E-state index contributed by atoms with van der Waals surface area (Å²) in [6, 6.07) is 0. The Morgan fingerprint density at radius 3 is 2.86 bits per heavy atom. The van der Waals surface area contributed by atoms with Crippen LogP contribution in [0.4, 0.5) is 13.2 Å². The van der Waals surface area contributed by atoms with Crippen LogP contribution >= 0.6 is 11.6 Å². The normalized spacial score (nSPS) is 21.4. The van der Waals surface area contributed by atoms with Crippen molar-refractivity contribution in [3.63, 3.8) is 0 Å². The number of halogens is 4. The minimum absolute atomic E-state index is 0.0650. The van der Waals surface area contributed by atoms with Crippen LogP contribution in [0.15, 0.2) is 21.2 Å². The second kappa shape index (κ2) is 2.96. The topological polar surface area (TPSA) is 40.0 Å². The van der Waals surface area contributed by atoms with Crippen LogP contribution in [0.5, 0.6) is 0 Å². The fourth-order valence-electron chi connectivity index (χ4n) is 1.04. The number of aliphatic imine (C=N–C) groups is 2. The Hall–Kier alpha value is -1.08. The Balaban J connectivity index is 2.38. The molecule has 2 aliphatic heterocycles. The zero-order chi connectivity index (χ0) is 10.3. The maximum absolute atomic E-state index is 12.2. The second-order valence-corrected chi connectivity index (χ2v) is 2.96. The molecule has 0 radical (unpaired) electrons. The van der Waals surface area contributed by atoms with E-state index in [-0.39, 0.29) is 17.8 Å². The van der Waals surface area contributed by atoms with Crippen LogP contribution in [-0.4, -0.2) is 29.5 Å². The van der Waals surface area contributed by atoms with E-state index in [1.54, 1.807) is 0 Å². The molecule has 2 aliphatic rings. The van der Waals surface area contributed by atoms with E-state index in [0.717, 1.165) is 6.08 Å². The molecule has 0 saturated heterocycles. The lowest BCUT2D eigenvalue weighted by Crippen LogP contribution is -2.39. The Labute approximate surface area is 81.7 Å². The lowest BCUT2D eigenvalue weighted by Gasteiger charge is -2.21. The minimum Gasteiger partial charge on any atom is -0.232 e. The smallest absolute Gasteiger partial charge is 0.232 e. The predicted molar refractivity (Wildman–Crippen MR) is 44.7 cm³/mol. The standard InChI is InChI=1S/C6H4ClF3N4/c7-4-1-3(6(8,9)10)13-5-11-2-12-14(4)5/h1,12H,2H2. The highest BCUT2D eigenvalue weighted by atomic mass is 35.5. The zero-order valence-electron chi connectivity index (χ0n) is 6.64. The van der Waals surface area contributed by atoms with Gasteiger partial charge in [0.15, 0.2) is 5.71 Å². The van der Waals surface area contributed by atoms with E-state index >= 15 is 0 Å². The van der Waals surface area contributed by atoms with Crippen LogP contribution < -0.4 is 5.43 Å². The fourth-order valence-corrected chi connectivity index (χ4v) is 1.28. The Kier molecular flexibility index (Phi) is 2.00. The maximum Gasteiger partial charge on any atom is 0.433 e. The summed E-state index contributed by atoms with van der Waals surface area (Å²) >= 11 is 5.58. The van der Waals surface area contributed by atoms with Gasteiger partial charge in [-0.05, 0) is 0 Å². The van der Waals surface area contributed by atoms with Gasteiger partial charge in [0.1, 0.15) is 11.8 Å². The van der Waals surface area contributed by atoms with Gasteiger partial charge < -0.3 is 0 Å². The molecule has 14 heavy (non-hydrogen) atoms. The molecule has 0 aromatic heterocycles. The molecular weight excluding hydrogens is 221 g/mol. The predicted octanol–water partition coefficient (Wildman–Crippen LogP) is 1.22. The van der Waals surface area contributed by atoms with Gasteiger partial charge in [-0.3, -0.25) is 0 Å². The van der Waals surface area contributed by atoms with E-state index in [9.17, 15) is 13.2 Å². The molecule has 0 spiro atoms. The number of hydrogen-bond acceptors (Lipinski definition) is 4. The third-order valence-corrected chi connectivity index (χ3v) is 1.91. The lowest BCUT2D eigenvalue weighted by atomic mass is 10.3. The maximum atomic E-state index is 12.2. The average Bonchev–Trinajstić information content (AvgIpc) is 2.50. The molecule has 0 saturated carbocycles. The SMILES string of the molecule is FC(F)(F)C1=NC2=NCNN2C(Cl)=C1. The van der Waals surface area contributed by atoms with Gasteiger partial charge in [-0.1, -0.05) is 11.6 Å². The highest BCUT2D eigenvalue weighted by Crippen LogP contribution is 2.25. The number of rotatable bonds is 0. The number of hydrogen-bond donors (Lipinski definition) is 1. The van der Waals surface area contributed by atoms with Gasteiger partial charge in [-0.25, -0.2) is 20.4 Å². The summed E-state index contributed by atoms with van der Waals surface area (Å²) in [6.07, 6.45) is -3.75. The van der Waals surface area contributed by atoms with Gasteiger partial charge in [-0.2, -0.15) is 13.2 Å². The number of alkyl halides is 3. The number of nitrogens with one attached hydrogen (secondary N) is 1. The Morgan fingerprint density at radius 1 is 1.50 bits per heavy atom. The quantitative estimate of drug-likeness (QED) is 0.629. The van der Waals surface area contributed by atoms with Gasteiger partial charge in [0.05, 0.1) is 0 Å². The first-order valence-electron chi connectivity index (χ1n) is 3.59. The van der Waals surface area contributed by atoms with E-state index < -0.39 is 11.9 Å². The van der Waals surface area contributed by atoms with Crippen LogP contribution in [0.3, 0.4) is 0 Å². The largest absolute Gasteiger partial charge is 0.433 e. The Bertz CT molecular complexity index is 357. The number of allylic oxidation sites excluding steroid dienone is 1. The molecular formula is C6H4ClF3N4.